The van der Waals surface area contributed by atoms with Gasteiger partial charge in [-0.3, -0.25) is 0 Å². The molecule has 4 rings (SSSR count). The molecule has 1 aromatic carbocycles. The van der Waals surface area contributed by atoms with E-state index < -0.39 is 0 Å². The van der Waals surface area contributed by atoms with Gasteiger partial charge in [0, 0.05) is 24.6 Å². The lowest BCUT2D eigenvalue weighted by Crippen LogP contribution is -2.58. The Labute approximate surface area is 135 Å². The lowest BCUT2D eigenvalue weighted by Gasteiger charge is -2.47. The van der Waals surface area contributed by atoms with Crippen LogP contribution in [0.4, 0.5) is 10.2 Å². The van der Waals surface area contributed by atoms with Gasteiger partial charge in [0.05, 0.1) is 24.8 Å². The fourth-order valence-corrected chi connectivity index (χ4v) is 3.70. The molecule has 2 aliphatic rings. The van der Waals surface area contributed by atoms with E-state index in [-0.39, 0.29) is 17.5 Å². The van der Waals surface area contributed by atoms with E-state index in [0.29, 0.717) is 12.1 Å². The summed E-state index contributed by atoms with van der Waals surface area (Å²) in [6, 6.07) is 8.73. The van der Waals surface area contributed by atoms with Crippen LogP contribution in [0.1, 0.15) is 19.8 Å². The molecule has 2 fully saturated rings. The van der Waals surface area contributed by atoms with Crippen LogP contribution < -0.4 is 4.90 Å². The summed E-state index contributed by atoms with van der Waals surface area (Å²) in [6.45, 7) is 5.09. The molecule has 0 N–H and O–H groups in total. The van der Waals surface area contributed by atoms with Gasteiger partial charge in [-0.15, -0.1) is 0 Å². The zero-order valence-corrected chi connectivity index (χ0v) is 13.3. The summed E-state index contributed by atoms with van der Waals surface area (Å²) in [5.41, 5.74) is 0.449. The van der Waals surface area contributed by atoms with E-state index in [1.165, 1.54) is 12.1 Å². The second-order valence-electron chi connectivity index (χ2n) is 6.65. The van der Waals surface area contributed by atoms with Crippen molar-refractivity contribution in [2.24, 2.45) is 0 Å². The van der Waals surface area contributed by atoms with Crippen molar-refractivity contribution in [1.82, 2.24) is 4.98 Å². The Hall–Kier alpha value is -1.72. The van der Waals surface area contributed by atoms with Gasteiger partial charge in [-0.2, -0.15) is 0 Å². The fourth-order valence-electron chi connectivity index (χ4n) is 3.70. The van der Waals surface area contributed by atoms with Crippen LogP contribution in [0.5, 0.6) is 0 Å². The van der Waals surface area contributed by atoms with Crippen LogP contribution in [0, 0.1) is 5.82 Å². The predicted molar refractivity (Wildman–Crippen MR) is 87.2 cm³/mol. The normalized spacial score (nSPS) is 28.4. The molecule has 0 unspecified atom stereocenters. The van der Waals surface area contributed by atoms with Crippen LogP contribution in [0.25, 0.3) is 10.9 Å². The standard InChI is InChI=1S/C18H21FN2O2/c1-13-10-21(11-18(23-13)7-2-8-22-12-18)17-6-4-14-3-5-15(19)9-16(14)20-17/h3-6,9,13H,2,7-8,10-12H2,1H3/t13-,18+/m1/s1. The molecule has 2 aromatic rings. The van der Waals surface area contributed by atoms with Crippen LogP contribution in [0.2, 0.25) is 0 Å². The Kier molecular flexibility index (Phi) is 3.70. The molecule has 5 heteroatoms. The molecule has 3 heterocycles. The highest BCUT2D eigenvalue weighted by Crippen LogP contribution is 2.32. The number of benzene rings is 1. The summed E-state index contributed by atoms with van der Waals surface area (Å²) in [7, 11) is 0. The maximum absolute atomic E-state index is 13.5. The van der Waals surface area contributed by atoms with Gasteiger partial charge in [-0.05, 0) is 44.0 Å². The van der Waals surface area contributed by atoms with Crippen molar-refractivity contribution in [2.75, 3.05) is 31.2 Å². The van der Waals surface area contributed by atoms with Crippen molar-refractivity contribution in [2.45, 2.75) is 31.5 Å². The van der Waals surface area contributed by atoms with Crippen molar-refractivity contribution in [3.63, 3.8) is 0 Å². The number of rotatable bonds is 1. The van der Waals surface area contributed by atoms with Crippen LogP contribution in [-0.2, 0) is 9.47 Å². The molecule has 4 nitrogen and oxygen atoms in total. The molecule has 0 amide bonds. The molecule has 0 saturated carbocycles. The predicted octanol–water partition coefficient (Wildman–Crippen LogP) is 3.15. The molecule has 122 valence electrons. The lowest BCUT2D eigenvalue weighted by molar-refractivity contribution is -0.160. The van der Waals surface area contributed by atoms with E-state index in [0.717, 1.165) is 43.7 Å². The van der Waals surface area contributed by atoms with Gasteiger partial charge in [0.2, 0.25) is 0 Å². The van der Waals surface area contributed by atoms with Crippen molar-refractivity contribution in [1.29, 1.82) is 0 Å². The third-order valence-corrected chi connectivity index (χ3v) is 4.66. The number of hydrogen-bond donors (Lipinski definition) is 0. The average Bonchev–Trinajstić information content (AvgIpc) is 2.54. The van der Waals surface area contributed by atoms with Gasteiger partial charge in [-0.25, -0.2) is 9.37 Å². The van der Waals surface area contributed by atoms with Crippen molar-refractivity contribution in [3.8, 4) is 0 Å². The van der Waals surface area contributed by atoms with E-state index in [2.05, 4.69) is 16.8 Å². The Morgan fingerprint density at radius 3 is 3.00 bits per heavy atom. The minimum Gasteiger partial charge on any atom is -0.378 e. The quantitative estimate of drug-likeness (QED) is 0.809. The smallest absolute Gasteiger partial charge is 0.129 e. The third kappa shape index (κ3) is 2.91. The summed E-state index contributed by atoms with van der Waals surface area (Å²) in [4.78, 5) is 6.90. The molecule has 2 atom stereocenters. The van der Waals surface area contributed by atoms with Crippen LogP contribution >= 0.6 is 0 Å². The number of morpholine rings is 1. The SMILES string of the molecule is C[C@@H]1CN(c2ccc3ccc(F)cc3n2)C[C@]2(CCCOC2)O1. The van der Waals surface area contributed by atoms with Gasteiger partial charge < -0.3 is 14.4 Å². The van der Waals surface area contributed by atoms with Crippen molar-refractivity contribution in [3.05, 3.63) is 36.1 Å². The first-order valence-electron chi connectivity index (χ1n) is 8.20. The van der Waals surface area contributed by atoms with Gasteiger partial charge in [0.25, 0.3) is 0 Å². The maximum Gasteiger partial charge on any atom is 0.129 e. The molecule has 0 bridgehead atoms. The zero-order chi connectivity index (χ0) is 15.9. The highest BCUT2D eigenvalue weighted by atomic mass is 19.1. The second-order valence-corrected chi connectivity index (χ2v) is 6.65. The molecule has 2 aliphatic heterocycles. The Bertz CT molecular complexity index is 715. The summed E-state index contributed by atoms with van der Waals surface area (Å²) in [5.74, 6) is 0.623. The second kappa shape index (κ2) is 5.73. The average molecular weight is 316 g/mol. The first kappa shape index (κ1) is 14.8. The van der Waals surface area contributed by atoms with Gasteiger partial charge >= 0.3 is 0 Å². The third-order valence-electron chi connectivity index (χ3n) is 4.66. The highest BCUT2D eigenvalue weighted by molar-refractivity contribution is 5.80. The van der Waals surface area contributed by atoms with Crippen molar-refractivity contribution < 1.29 is 13.9 Å². The van der Waals surface area contributed by atoms with E-state index >= 15 is 0 Å². The lowest BCUT2D eigenvalue weighted by atomic mass is 9.93. The monoisotopic (exact) mass is 316 g/mol. The molecule has 1 aromatic heterocycles. The summed E-state index contributed by atoms with van der Waals surface area (Å²) in [5, 5.41) is 0.951. The summed E-state index contributed by atoms with van der Waals surface area (Å²) in [6.07, 6.45) is 2.16. The van der Waals surface area contributed by atoms with E-state index in [1.54, 1.807) is 6.07 Å². The number of aromatic nitrogens is 1. The van der Waals surface area contributed by atoms with Gasteiger partial charge in [-0.1, -0.05) is 0 Å². The molecule has 0 radical (unpaired) electrons. The number of fused-ring (bicyclic) bond motifs is 1. The van der Waals surface area contributed by atoms with Crippen molar-refractivity contribution >= 4 is 16.7 Å². The largest absolute Gasteiger partial charge is 0.378 e. The highest BCUT2D eigenvalue weighted by Gasteiger charge is 2.41. The number of hydrogen-bond acceptors (Lipinski definition) is 4. The first-order valence-corrected chi connectivity index (χ1v) is 8.20. The number of pyridine rings is 1. The molecule has 23 heavy (non-hydrogen) atoms. The first-order chi connectivity index (χ1) is 11.1. The number of nitrogens with zero attached hydrogens (tertiary/aromatic N) is 2. The molecule has 1 spiro atoms. The Morgan fingerprint density at radius 2 is 2.17 bits per heavy atom. The Balaban J connectivity index is 1.65. The van der Waals surface area contributed by atoms with Gasteiger partial charge in [0.15, 0.2) is 0 Å². The summed E-state index contributed by atoms with van der Waals surface area (Å²) < 4.78 is 25.3. The molecular formula is C18H21FN2O2. The molecular weight excluding hydrogens is 295 g/mol. The topological polar surface area (TPSA) is 34.6 Å². The zero-order valence-electron chi connectivity index (χ0n) is 13.3. The van der Waals surface area contributed by atoms with E-state index in [1.807, 2.05) is 12.1 Å². The maximum atomic E-state index is 13.5. The summed E-state index contributed by atoms with van der Waals surface area (Å²) >= 11 is 0. The number of anilines is 1. The van der Waals surface area contributed by atoms with Crippen LogP contribution in [0.3, 0.4) is 0 Å². The van der Waals surface area contributed by atoms with E-state index in [9.17, 15) is 4.39 Å². The minimum absolute atomic E-state index is 0.121. The van der Waals surface area contributed by atoms with Crippen LogP contribution in [0.15, 0.2) is 30.3 Å². The molecule has 2 saturated heterocycles. The number of ether oxygens (including phenoxy) is 2. The van der Waals surface area contributed by atoms with Crippen LogP contribution in [-0.4, -0.2) is 43.0 Å². The fraction of sp³-hybridized carbons (Fsp3) is 0.500. The Morgan fingerprint density at radius 1 is 1.30 bits per heavy atom. The minimum atomic E-state index is -0.255. The van der Waals surface area contributed by atoms with E-state index in [4.69, 9.17) is 9.47 Å². The molecule has 0 aliphatic carbocycles. The van der Waals surface area contributed by atoms with Gasteiger partial charge in [0.1, 0.15) is 17.2 Å². The number of halogens is 1.